The third-order valence-corrected chi connectivity index (χ3v) is 2.42. The number of methoxy groups -OCH3 is 1. The normalized spacial score (nSPS) is 13.3. The largest absolute Gasteiger partial charge is 0.496 e. The molecule has 0 radical (unpaired) electrons. The maximum Gasteiger partial charge on any atom is 0.153 e. The van der Waals surface area contributed by atoms with Crippen LogP contribution in [0.1, 0.15) is 22.0 Å². The number of ether oxygens (including phenoxy) is 1. The van der Waals surface area contributed by atoms with Gasteiger partial charge in [0.1, 0.15) is 11.9 Å². The molecular formula is C11H13N3O4. The van der Waals surface area contributed by atoms with Crippen LogP contribution in [0.25, 0.3) is 10.4 Å². The zero-order valence-corrected chi connectivity index (χ0v) is 9.72. The Morgan fingerprint density at radius 3 is 2.83 bits per heavy atom. The van der Waals surface area contributed by atoms with Crippen molar-refractivity contribution < 1.29 is 19.7 Å². The number of nitrogens with zero attached hydrogens (tertiary/aromatic N) is 3. The molecule has 0 aromatic heterocycles. The van der Waals surface area contributed by atoms with Crippen LogP contribution in [0.5, 0.6) is 5.75 Å². The first kappa shape index (κ1) is 14.0. The molecule has 7 nitrogen and oxygen atoms in total. The van der Waals surface area contributed by atoms with E-state index < -0.39 is 12.2 Å². The Balaban J connectivity index is 2.95. The molecule has 7 heteroatoms. The summed E-state index contributed by atoms with van der Waals surface area (Å²) in [5.41, 5.74) is 8.84. The van der Waals surface area contributed by atoms with Gasteiger partial charge < -0.3 is 14.9 Å². The van der Waals surface area contributed by atoms with Crippen molar-refractivity contribution in [1.82, 2.24) is 0 Å². The van der Waals surface area contributed by atoms with Gasteiger partial charge in [-0.15, -0.1) is 0 Å². The van der Waals surface area contributed by atoms with Gasteiger partial charge in [0.15, 0.2) is 6.29 Å². The van der Waals surface area contributed by atoms with Crippen molar-refractivity contribution in [3.05, 3.63) is 39.8 Å². The summed E-state index contributed by atoms with van der Waals surface area (Å²) < 4.78 is 4.98. The minimum atomic E-state index is -1.22. The van der Waals surface area contributed by atoms with E-state index in [1.165, 1.54) is 25.3 Å². The molecule has 0 bridgehead atoms. The van der Waals surface area contributed by atoms with Gasteiger partial charge in [-0.1, -0.05) is 11.2 Å². The monoisotopic (exact) mass is 251 g/mol. The molecule has 0 saturated carbocycles. The molecule has 0 aliphatic heterocycles. The standard InChI is InChI=1S/C11H13N3O4/c1-18-10-4-7(2-3-8(10)6-15)11(17)9(16)5-13-14-12/h2-4,6,9,11,16-17H,5H2,1H3. The molecule has 0 aliphatic rings. The van der Waals surface area contributed by atoms with Crippen molar-refractivity contribution in [3.63, 3.8) is 0 Å². The van der Waals surface area contributed by atoms with E-state index in [4.69, 9.17) is 10.3 Å². The highest BCUT2D eigenvalue weighted by Gasteiger charge is 2.18. The van der Waals surface area contributed by atoms with E-state index in [0.29, 0.717) is 23.2 Å². The summed E-state index contributed by atoms with van der Waals surface area (Å²) in [5.74, 6) is 0.303. The topological polar surface area (TPSA) is 116 Å². The predicted molar refractivity (Wildman–Crippen MR) is 63.4 cm³/mol. The molecule has 1 aromatic rings. The van der Waals surface area contributed by atoms with E-state index in [2.05, 4.69) is 10.0 Å². The van der Waals surface area contributed by atoms with Crippen LogP contribution in [0.3, 0.4) is 0 Å². The summed E-state index contributed by atoms with van der Waals surface area (Å²) in [6.07, 6.45) is -1.80. The molecule has 2 atom stereocenters. The van der Waals surface area contributed by atoms with Crippen LogP contribution in [0.4, 0.5) is 0 Å². The lowest BCUT2D eigenvalue weighted by atomic mass is 10.0. The Hall–Kier alpha value is -2.08. The number of rotatable bonds is 6. The molecule has 0 spiro atoms. The van der Waals surface area contributed by atoms with E-state index in [-0.39, 0.29) is 6.54 Å². The minimum Gasteiger partial charge on any atom is -0.496 e. The first-order valence-corrected chi connectivity index (χ1v) is 5.14. The first-order chi connectivity index (χ1) is 8.63. The lowest BCUT2D eigenvalue weighted by Gasteiger charge is -2.17. The molecule has 96 valence electrons. The van der Waals surface area contributed by atoms with Gasteiger partial charge in [-0.25, -0.2) is 0 Å². The molecule has 2 unspecified atom stereocenters. The van der Waals surface area contributed by atoms with Gasteiger partial charge in [0.25, 0.3) is 0 Å². The van der Waals surface area contributed by atoms with E-state index in [0.717, 1.165) is 0 Å². The molecular weight excluding hydrogens is 238 g/mol. The molecule has 1 aromatic carbocycles. The van der Waals surface area contributed by atoms with Crippen LogP contribution in [-0.4, -0.2) is 36.3 Å². The maximum atomic E-state index is 10.7. The van der Waals surface area contributed by atoms with E-state index in [1.54, 1.807) is 0 Å². The highest BCUT2D eigenvalue weighted by atomic mass is 16.5. The number of benzene rings is 1. The number of hydrogen-bond donors (Lipinski definition) is 2. The van der Waals surface area contributed by atoms with Crippen LogP contribution >= 0.6 is 0 Å². The summed E-state index contributed by atoms with van der Waals surface area (Å²) in [5, 5.41) is 22.6. The quantitative estimate of drug-likeness (QED) is 0.342. The van der Waals surface area contributed by atoms with Gasteiger partial charge in [-0.2, -0.15) is 0 Å². The fourth-order valence-corrected chi connectivity index (χ4v) is 1.45. The van der Waals surface area contributed by atoms with Crippen molar-refractivity contribution in [3.8, 4) is 5.75 Å². The molecule has 0 fully saturated rings. The fourth-order valence-electron chi connectivity index (χ4n) is 1.45. The molecule has 0 aliphatic carbocycles. The van der Waals surface area contributed by atoms with E-state index in [1.807, 2.05) is 0 Å². The molecule has 2 N–H and O–H groups in total. The van der Waals surface area contributed by atoms with Gasteiger partial charge in [0.05, 0.1) is 25.3 Å². The molecule has 0 heterocycles. The maximum absolute atomic E-state index is 10.7. The highest BCUT2D eigenvalue weighted by Crippen LogP contribution is 2.24. The summed E-state index contributed by atoms with van der Waals surface area (Å²) in [6.45, 7) is -0.241. The van der Waals surface area contributed by atoms with Crippen LogP contribution in [0.2, 0.25) is 0 Å². The third-order valence-electron chi connectivity index (χ3n) is 2.42. The van der Waals surface area contributed by atoms with Crippen LogP contribution < -0.4 is 4.74 Å². The Bertz CT molecular complexity index is 471. The Kier molecular flexibility index (Phi) is 5.13. The number of aliphatic hydroxyl groups is 2. The number of carbonyl (C=O) groups is 1. The van der Waals surface area contributed by atoms with Crippen LogP contribution in [0.15, 0.2) is 23.3 Å². The summed E-state index contributed by atoms with van der Waals surface area (Å²) in [6, 6.07) is 4.43. The fraction of sp³-hybridized carbons (Fsp3) is 0.364. The van der Waals surface area contributed by atoms with Gasteiger partial charge in [-0.3, -0.25) is 4.79 Å². The Morgan fingerprint density at radius 1 is 1.56 bits per heavy atom. The summed E-state index contributed by atoms with van der Waals surface area (Å²) >= 11 is 0. The second-order valence-electron chi connectivity index (χ2n) is 3.54. The first-order valence-electron chi connectivity index (χ1n) is 5.14. The average Bonchev–Trinajstić information content (AvgIpc) is 2.42. The van der Waals surface area contributed by atoms with Crippen molar-refractivity contribution in [2.24, 2.45) is 5.11 Å². The van der Waals surface area contributed by atoms with Crippen molar-refractivity contribution in [2.75, 3.05) is 13.7 Å². The Morgan fingerprint density at radius 2 is 2.28 bits per heavy atom. The predicted octanol–water partition coefficient (Wildman–Crippen LogP) is 1.21. The van der Waals surface area contributed by atoms with Crippen molar-refractivity contribution in [1.29, 1.82) is 0 Å². The van der Waals surface area contributed by atoms with E-state index >= 15 is 0 Å². The SMILES string of the molecule is COc1cc(C(O)C(O)CN=[N+]=[N-])ccc1C=O. The number of aldehydes is 1. The number of azide groups is 1. The number of aliphatic hydroxyl groups excluding tert-OH is 2. The van der Waals surface area contributed by atoms with Gasteiger partial charge in [-0.05, 0) is 23.2 Å². The third kappa shape index (κ3) is 3.21. The lowest BCUT2D eigenvalue weighted by molar-refractivity contribution is 0.0243. The zero-order chi connectivity index (χ0) is 13.5. The highest BCUT2D eigenvalue weighted by molar-refractivity contribution is 5.79. The van der Waals surface area contributed by atoms with Crippen LogP contribution in [-0.2, 0) is 0 Å². The minimum absolute atomic E-state index is 0.241. The Labute approximate surface area is 103 Å². The number of carbonyl (C=O) groups excluding carboxylic acids is 1. The van der Waals surface area contributed by atoms with E-state index in [9.17, 15) is 15.0 Å². The second kappa shape index (κ2) is 6.61. The summed E-state index contributed by atoms with van der Waals surface area (Å²) in [4.78, 5) is 13.2. The smallest absolute Gasteiger partial charge is 0.153 e. The summed E-state index contributed by atoms with van der Waals surface area (Å²) in [7, 11) is 1.40. The lowest BCUT2D eigenvalue weighted by Crippen LogP contribution is -2.21. The molecule has 0 amide bonds. The molecule has 1 rings (SSSR count). The van der Waals surface area contributed by atoms with Gasteiger partial charge in [0, 0.05) is 4.91 Å². The molecule has 0 saturated heterocycles. The second-order valence-corrected chi connectivity index (χ2v) is 3.54. The van der Waals surface area contributed by atoms with Crippen LogP contribution in [0, 0.1) is 0 Å². The number of hydrogen-bond acceptors (Lipinski definition) is 5. The average molecular weight is 251 g/mol. The van der Waals surface area contributed by atoms with Crippen molar-refractivity contribution in [2.45, 2.75) is 12.2 Å². The molecule has 18 heavy (non-hydrogen) atoms. The van der Waals surface area contributed by atoms with Gasteiger partial charge >= 0.3 is 0 Å². The zero-order valence-electron chi connectivity index (χ0n) is 9.72. The van der Waals surface area contributed by atoms with Gasteiger partial charge in [0.2, 0.25) is 0 Å². The van der Waals surface area contributed by atoms with Crippen molar-refractivity contribution >= 4 is 6.29 Å².